The van der Waals surface area contributed by atoms with Gasteiger partial charge >= 0.3 is 5.97 Å². The molecule has 4 rings (SSSR count). The number of methoxy groups -OCH3 is 1. The number of amides is 3. The first-order chi connectivity index (χ1) is 21.6. The first kappa shape index (κ1) is 32.4. The Labute approximate surface area is 259 Å². The monoisotopic (exact) mass is 630 g/mol. The van der Waals surface area contributed by atoms with Gasteiger partial charge in [-0.05, 0) is 66.1 Å². The Kier molecular flexibility index (Phi) is 11.0. The second-order valence-electron chi connectivity index (χ2n) is 9.57. The van der Waals surface area contributed by atoms with Gasteiger partial charge in [0.2, 0.25) is 0 Å². The van der Waals surface area contributed by atoms with Gasteiger partial charge in [0.25, 0.3) is 27.7 Å². The molecular weight excluding hydrogens is 600 g/mol. The van der Waals surface area contributed by atoms with E-state index in [1.54, 1.807) is 19.2 Å². The molecule has 0 aliphatic carbocycles. The van der Waals surface area contributed by atoms with Crippen LogP contribution in [0.2, 0.25) is 0 Å². The lowest BCUT2D eigenvalue weighted by molar-refractivity contribution is -0.143. The van der Waals surface area contributed by atoms with Crippen molar-refractivity contribution in [2.75, 3.05) is 20.2 Å². The molecule has 0 aliphatic rings. The molecule has 0 unspecified atom stereocenters. The van der Waals surface area contributed by atoms with Crippen LogP contribution in [0.4, 0.5) is 0 Å². The molecule has 1 aromatic heterocycles. The summed E-state index contributed by atoms with van der Waals surface area (Å²) in [4.78, 5) is 53.0. The third kappa shape index (κ3) is 9.46. The van der Waals surface area contributed by atoms with E-state index in [0.29, 0.717) is 13.0 Å². The number of rotatable bonds is 13. The molecule has 0 spiro atoms. The molecule has 4 aromatic rings. The molecule has 0 saturated heterocycles. The van der Waals surface area contributed by atoms with Crippen molar-refractivity contribution >= 4 is 33.7 Å². The zero-order valence-electron chi connectivity index (χ0n) is 24.2. The molecule has 0 aliphatic heterocycles. The van der Waals surface area contributed by atoms with Crippen LogP contribution >= 0.6 is 0 Å². The Morgan fingerprint density at radius 2 is 1.42 bits per heavy atom. The van der Waals surface area contributed by atoms with Crippen LogP contribution in [-0.2, 0) is 32.6 Å². The molecule has 3 N–H and O–H groups in total. The Morgan fingerprint density at radius 1 is 0.733 bits per heavy atom. The SMILES string of the molecule is COc1ccc(CCNC(=O)c2ccc(S(=O)(=O)NC(=O)c3ccc(C(=O)NCC(=O)OCc4ccccc4)nc3)cc2)cc1. The zero-order valence-corrected chi connectivity index (χ0v) is 25.0. The molecule has 3 amide bonds. The summed E-state index contributed by atoms with van der Waals surface area (Å²) in [6.07, 6.45) is 1.63. The highest BCUT2D eigenvalue weighted by Crippen LogP contribution is 2.13. The molecule has 13 heteroatoms. The zero-order chi connectivity index (χ0) is 32.2. The number of nitrogens with zero attached hydrogens (tertiary/aromatic N) is 1. The highest BCUT2D eigenvalue weighted by Gasteiger charge is 2.20. The van der Waals surface area contributed by atoms with Gasteiger partial charge in [-0.15, -0.1) is 0 Å². The van der Waals surface area contributed by atoms with E-state index in [1.165, 1.54) is 36.4 Å². The van der Waals surface area contributed by atoms with Gasteiger partial charge in [-0.1, -0.05) is 42.5 Å². The van der Waals surface area contributed by atoms with E-state index in [4.69, 9.17) is 9.47 Å². The van der Waals surface area contributed by atoms with Gasteiger partial charge in [0.1, 0.15) is 24.6 Å². The molecule has 0 saturated carbocycles. The first-order valence-corrected chi connectivity index (χ1v) is 15.1. The number of ether oxygens (including phenoxy) is 2. The molecule has 0 radical (unpaired) electrons. The number of pyridine rings is 1. The van der Waals surface area contributed by atoms with Crippen molar-refractivity contribution in [2.45, 2.75) is 17.9 Å². The van der Waals surface area contributed by atoms with E-state index < -0.39 is 34.4 Å². The third-order valence-corrected chi connectivity index (χ3v) is 7.75. The van der Waals surface area contributed by atoms with Gasteiger partial charge in [-0.2, -0.15) is 0 Å². The fraction of sp³-hybridized carbons (Fsp3) is 0.156. The fourth-order valence-corrected chi connectivity index (χ4v) is 4.91. The summed E-state index contributed by atoms with van der Waals surface area (Å²) in [7, 11) is -2.70. The number of carbonyl (C=O) groups is 4. The summed E-state index contributed by atoms with van der Waals surface area (Å²) >= 11 is 0. The largest absolute Gasteiger partial charge is 0.497 e. The number of hydrogen-bond donors (Lipinski definition) is 3. The van der Waals surface area contributed by atoms with Crippen LogP contribution in [0.15, 0.2) is 102 Å². The maximum absolute atomic E-state index is 12.8. The summed E-state index contributed by atoms with van der Waals surface area (Å²) in [5.74, 6) is -1.95. The molecule has 45 heavy (non-hydrogen) atoms. The molecule has 232 valence electrons. The number of carbonyl (C=O) groups excluding carboxylic acids is 4. The highest BCUT2D eigenvalue weighted by molar-refractivity contribution is 7.90. The second kappa shape index (κ2) is 15.3. The molecule has 3 aromatic carbocycles. The summed E-state index contributed by atoms with van der Waals surface area (Å²) in [5.41, 5.74) is 1.84. The van der Waals surface area contributed by atoms with Crippen molar-refractivity contribution in [3.63, 3.8) is 0 Å². The molecular formula is C32H30N4O8S. The number of sulfonamides is 1. The van der Waals surface area contributed by atoms with E-state index in [2.05, 4.69) is 15.6 Å². The van der Waals surface area contributed by atoms with Crippen LogP contribution in [0.3, 0.4) is 0 Å². The van der Waals surface area contributed by atoms with Gasteiger partial charge in [0.15, 0.2) is 0 Å². The minimum absolute atomic E-state index is 0.0615. The molecule has 0 bridgehead atoms. The summed E-state index contributed by atoms with van der Waals surface area (Å²) < 4.78 is 37.7. The Bertz CT molecular complexity index is 1740. The van der Waals surface area contributed by atoms with Crippen molar-refractivity contribution in [3.05, 3.63) is 125 Å². The Balaban J connectivity index is 1.24. The maximum atomic E-state index is 12.8. The summed E-state index contributed by atoms with van der Waals surface area (Å²) in [5, 5.41) is 5.15. The predicted molar refractivity (Wildman–Crippen MR) is 163 cm³/mol. The Morgan fingerprint density at radius 3 is 2.07 bits per heavy atom. The quantitative estimate of drug-likeness (QED) is 0.188. The lowest BCUT2D eigenvalue weighted by atomic mass is 10.1. The average molecular weight is 631 g/mol. The number of aromatic nitrogens is 1. The van der Waals surface area contributed by atoms with E-state index in [9.17, 15) is 27.6 Å². The first-order valence-electron chi connectivity index (χ1n) is 13.7. The van der Waals surface area contributed by atoms with Crippen molar-refractivity contribution in [1.29, 1.82) is 0 Å². The third-order valence-electron chi connectivity index (χ3n) is 6.41. The van der Waals surface area contributed by atoms with Crippen LogP contribution in [0, 0.1) is 0 Å². The van der Waals surface area contributed by atoms with Crippen molar-refractivity contribution in [2.24, 2.45) is 0 Å². The van der Waals surface area contributed by atoms with Crippen LogP contribution in [0.5, 0.6) is 5.75 Å². The van der Waals surface area contributed by atoms with Gasteiger partial charge in [0, 0.05) is 18.3 Å². The van der Waals surface area contributed by atoms with E-state index in [-0.39, 0.29) is 34.2 Å². The van der Waals surface area contributed by atoms with Gasteiger partial charge in [-0.25, -0.2) is 13.1 Å². The topological polar surface area (TPSA) is 170 Å². The Hall–Kier alpha value is -5.56. The van der Waals surface area contributed by atoms with Crippen LogP contribution in [0.25, 0.3) is 0 Å². The number of esters is 1. The smallest absolute Gasteiger partial charge is 0.325 e. The normalized spacial score (nSPS) is 10.8. The average Bonchev–Trinajstić information content (AvgIpc) is 3.07. The minimum Gasteiger partial charge on any atom is -0.497 e. The lowest BCUT2D eigenvalue weighted by Crippen LogP contribution is -2.32. The standard InChI is InChI=1S/C32H30N4O8S/c1-43-26-12-7-22(8-13-26)17-18-33-30(38)24-9-14-27(15-10-24)45(41,42)36-31(39)25-11-16-28(34-19-25)32(40)35-20-29(37)44-21-23-5-3-2-4-6-23/h2-16,19H,17-18,20-21H2,1H3,(H,33,38)(H,35,40)(H,36,39). The molecule has 0 atom stereocenters. The highest BCUT2D eigenvalue weighted by atomic mass is 32.2. The minimum atomic E-state index is -4.28. The van der Waals surface area contributed by atoms with Crippen LogP contribution < -0.4 is 20.1 Å². The number of benzene rings is 3. The van der Waals surface area contributed by atoms with Crippen molar-refractivity contribution in [1.82, 2.24) is 20.3 Å². The second-order valence-corrected chi connectivity index (χ2v) is 11.3. The molecule has 0 fully saturated rings. The van der Waals surface area contributed by atoms with Crippen molar-refractivity contribution < 1.29 is 37.1 Å². The maximum Gasteiger partial charge on any atom is 0.325 e. The summed E-state index contributed by atoms with van der Waals surface area (Å²) in [6.45, 7) is 0.0427. The van der Waals surface area contributed by atoms with Gasteiger partial charge in [0.05, 0.1) is 17.6 Å². The lowest BCUT2D eigenvalue weighted by Gasteiger charge is -2.09. The van der Waals surface area contributed by atoms with Crippen LogP contribution in [-0.4, -0.2) is 57.3 Å². The predicted octanol–water partition coefficient (Wildman–Crippen LogP) is 2.65. The van der Waals surface area contributed by atoms with E-state index >= 15 is 0 Å². The number of hydrogen-bond acceptors (Lipinski definition) is 9. The fourth-order valence-electron chi connectivity index (χ4n) is 3.93. The molecule has 1 heterocycles. The van der Waals surface area contributed by atoms with Crippen molar-refractivity contribution in [3.8, 4) is 5.75 Å². The molecule has 12 nitrogen and oxygen atoms in total. The van der Waals surface area contributed by atoms with Crippen LogP contribution in [0.1, 0.15) is 42.3 Å². The number of nitrogens with one attached hydrogen (secondary N) is 3. The van der Waals surface area contributed by atoms with Gasteiger partial charge in [-0.3, -0.25) is 24.2 Å². The van der Waals surface area contributed by atoms with Gasteiger partial charge < -0.3 is 20.1 Å². The van der Waals surface area contributed by atoms with E-state index in [0.717, 1.165) is 23.1 Å². The van der Waals surface area contributed by atoms with E-state index in [1.807, 2.05) is 47.2 Å². The summed E-state index contributed by atoms with van der Waals surface area (Å²) in [6, 6.07) is 24.0.